The summed E-state index contributed by atoms with van der Waals surface area (Å²) < 4.78 is 1.01. The minimum atomic E-state index is -0.0418. The van der Waals surface area contributed by atoms with Crippen molar-refractivity contribution >= 4 is 27.5 Å². The lowest BCUT2D eigenvalue weighted by atomic mass is 10.1. The van der Waals surface area contributed by atoms with E-state index in [1.165, 1.54) is 0 Å². The van der Waals surface area contributed by atoms with Crippen molar-refractivity contribution in [1.29, 1.82) is 0 Å². The summed E-state index contributed by atoms with van der Waals surface area (Å²) in [7, 11) is 0. The number of amides is 1. The van der Waals surface area contributed by atoms with Gasteiger partial charge in [-0.05, 0) is 30.7 Å². The number of hydrogen-bond acceptors (Lipinski definition) is 1. The van der Waals surface area contributed by atoms with E-state index in [4.69, 9.17) is 0 Å². The zero-order chi connectivity index (χ0) is 14.3. The molecule has 3 heteroatoms. The lowest BCUT2D eigenvalue weighted by Gasteiger charge is -2.26. The van der Waals surface area contributed by atoms with Crippen molar-refractivity contribution in [3.63, 3.8) is 0 Å². The summed E-state index contributed by atoms with van der Waals surface area (Å²) in [5.74, 6) is 0.0260. The number of fused-ring (bicyclic) bond motifs is 1. The minimum Gasteiger partial charge on any atom is -0.301 e. The third-order valence-corrected chi connectivity index (χ3v) is 4.19. The number of halogens is 1. The third-order valence-electron chi connectivity index (χ3n) is 3.70. The highest BCUT2D eigenvalue weighted by Crippen LogP contribution is 2.38. The Morgan fingerprint density at radius 2 is 1.80 bits per heavy atom. The minimum absolute atomic E-state index is 0.0260. The fourth-order valence-corrected chi connectivity index (χ4v) is 3.05. The topological polar surface area (TPSA) is 20.3 Å². The zero-order valence-electron chi connectivity index (χ0n) is 11.1. The Balaban J connectivity index is 2.01. The van der Waals surface area contributed by atoms with E-state index in [1.807, 2.05) is 55.5 Å². The van der Waals surface area contributed by atoms with Crippen LogP contribution in [0.15, 0.2) is 59.6 Å². The Morgan fingerprint density at radius 1 is 1.10 bits per heavy atom. The maximum atomic E-state index is 12.6. The van der Waals surface area contributed by atoms with E-state index < -0.39 is 0 Å². The number of nitrogens with zero attached hydrogens (tertiary/aromatic N) is 1. The summed E-state index contributed by atoms with van der Waals surface area (Å²) in [6.45, 7) is 6.11. The Labute approximate surface area is 126 Å². The molecule has 1 aliphatic heterocycles. The van der Waals surface area contributed by atoms with Crippen LogP contribution in [0.5, 0.6) is 0 Å². The highest BCUT2D eigenvalue weighted by Gasteiger charge is 2.34. The van der Waals surface area contributed by atoms with Crippen LogP contribution in [-0.4, -0.2) is 10.8 Å². The number of carbonyl (C=O) groups excluding carboxylic acids is 1. The van der Waals surface area contributed by atoms with Crippen molar-refractivity contribution in [2.75, 3.05) is 0 Å². The molecule has 3 rings (SSSR count). The average molecular weight is 328 g/mol. The van der Waals surface area contributed by atoms with Crippen LogP contribution >= 0.6 is 15.9 Å². The molecule has 2 nitrogen and oxygen atoms in total. The van der Waals surface area contributed by atoms with Gasteiger partial charge in [-0.2, -0.15) is 0 Å². The quantitative estimate of drug-likeness (QED) is 0.787. The van der Waals surface area contributed by atoms with E-state index in [0.29, 0.717) is 0 Å². The molecule has 20 heavy (non-hydrogen) atoms. The molecule has 1 aliphatic rings. The molecule has 2 aromatic rings. The maximum Gasteiger partial charge on any atom is 0.259 e. The van der Waals surface area contributed by atoms with E-state index in [0.717, 1.165) is 26.9 Å². The van der Waals surface area contributed by atoms with Crippen molar-refractivity contribution < 1.29 is 4.79 Å². The molecule has 2 aromatic carbocycles. The van der Waals surface area contributed by atoms with Crippen LogP contribution in [0.25, 0.3) is 5.70 Å². The molecule has 0 fully saturated rings. The average Bonchev–Trinajstić information content (AvgIpc) is 2.71. The van der Waals surface area contributed by atoms with Crippen molar-refractivity contribution in [3.8, 4) is 0 Å². The third kappa shape index (κ3) is 1.98. The summed E-state index contributed by atoms with van der Waals surface area (Å²) in [6, 6.07) is 15.6. The number of hydrogen-bond donors (Lipinski definition) is 0. The van der Waals surface area contributed by atoms with Crippen molar-refractivity contribution in [1.82, 2.24) is 4.90 Å². The molecule has 0 aromatic heterocycles. The summed E-state index contributed by atoms with van der Waals surface area (Å²) >= 11 is 3.47. The monoisotopic (exact) mass is 327 g/mol. The van der Waals surface area contributed by atoms with Gasteiger partial charge in [0.2, 0.25) is 0 Å². The molecule has 0 aliphatic carbocycles. The molecule has 0 spiro atoms. The summed E-state index contributed by atoms with van der Waals surface area (Å²) in [5, 5.41) is 0. The molecule has 0 saturated carbocycles. The van der Waals surface area contributed by atoms with Crippen LogP contribution in [0.4, 0.5) is 0 Å². The Hall–Kier alpha value is -1.87. The Bertz CT molecular complexity index is 673. The van der Waals surface area contributed by atoms with Gasteiger partial charge < -0.3 is 4.90 Å². The highest BCUT2D eigenvalue weighted by molar-refractivity contribution is 9.10. The number of carbonyl (C=O) groups is 1. The van der Waals surface area contributed by atoms with Crippen LogP contribution in [-0.2, 0) is 0 Å². The Morgan fingerprint density at radius 3 is 2.45 bits per heavy atom. The van der Waals surface area contributed by atoms with Gasteiger partial charge in [-0.1, -0.05) is 52.8 Å². The standard InChI is InChI=1S/C17H14BrNO/c1-11(13-6-5-7-14(18)10-13)19-12(2)15-8-3-4-9-16(15)17(19)20/h3-11H,2H2,1H3. The predicted octanol–water partition coefficient (Wildman–Crippen LogP) is 4.64. The first-order valence-electron chi connectivity index (χ1n) is 6.47. The maximum absolute atomic E-state index is 12.6. The Kier molecular flexibility index (Phi) is 3.22. The molecule has 1 atom stereocenters. The van der Waals surface area contributed by atoms with E-state index in [2.05, 4.69) is 22.5 Å². The van der Waals surface area contributed by atoms with Gasteiger partial charge in [0.25, 0.3) is 5.91 Å². The van der Waals surface area contributed by atoms with Gasteiger partial charge in [0, 0.05) is 21.3 Å². The molecule has 1 amide bonds. The lowest BCUT2D eigenvalue weighted by Crippen LogP contribution is -2.26. The fourth-order valence-electron chi connectivity index (χ4n) is 2.63. The first-order valence-corrected chi connectivity index (χ1v) is 7.26. The van der Waals surface area contributed by atoms with Crippen molar-refractivity contribution in [3.05, 3.63) is 76.3 Å². The SMILES string of the molecule is C=C1c2ccccc2C(=O)N1C(C)c1cccc(Br)c1. The van der Waals surface area contributed by atoms with E-state index >= 15 is 0 Å². The van der Waals surface area contributed by atoms with Crippen LogP contribution in [0.2, 0.25) is 0 Å². The van der Waals surface area contributed by atoms with Crippen molar-refractivity contribution in [2.45, 2.75) is 13.0 Å². The van der Waals surface area contributed by atoms with Gasteiger partial charge in [-0.3, -0.25) is 4.79 Å². The second-order valence-corrected chi connectivity index (χ2v) is 5.81. The first kappa shape index (κ1) is 13.1. The second-order valence-electron chi connectivity index (χ2n) is 4.90. The van der Waals surface area contributed by atoms with Crippen LogP contribution in [0.3, 0.4) is 0 Å². The van der Waals surface area contributed by atoms with Crippen LogP contribution in [0.1, 0.15) is 34.5 Å². The largest absolute Gasteiger partial charge is 0.301 e. The van der Waals surface area contributed by atoms with Crippen molar-refractivity contribution in [2.24, 2.45) is 0 Å². The van der Waals surface area contributed by atoms with Crippen LogP contribution < -0.4 is 0 Å². The normalized spacial score (nSPS) is 15.4. The van der Waals surface area contributed by atoms with Gasteiger partial charge in [0.15, 0.2) is 0 Å². The second kappa shape index (κ2) is 4.91. The van der Waals surface area contributed by atoms with E-state index in [9.17, 15) is 4.79 Å². The van der Waals surface area contributed by atoms with Gasteiger partial charge in [0.1, 0.15) is 0 Å². The predicted molar refractivity (Wildman–Crippen MR) is 84.2 cm³/mol. The van der Waals surface area contributed by atoms with E-state index in [1.54, 1.807) is 4.90 Å². The summed E-state index contributed by atoms with van der Waals surface area (Å²) in [6.07, 6.45) is 0. The molecule has 0 saturated heterocycles. The van der Waals surface area contributed by atoms with Gasteiger partial charge >= 0.3 is 0 Å². The van der Waals surface area contributed by atoms with Gasteiger partial charge in [0.05, 0.1) is 6.04 Å². The zero-order valence-corrected chi connectivity index (χ0v) is 12.7. The first-order chi connectivity index (χ1) is 9.59. The highest BCUT2D eigenvalue weighted by atomic mass is 79.9. The number of benzene rings is 2. The molecule has 0 radical (unpaired) electrons. The van der Waals surface area contributed by atoms with Gasteiger partial charge in [-0.25, -0.2) is 0 Å². The molecule has 1 heterocycles. The molecule has 1 unspecified atom stereocenters. The molecular formula is C17H14BrNO. The van der Waals surface area contributed by atoms with Gasteiger partial charge in [-0.15, -0.1) is 0 Å². The lowest BCUT2D eigenvalue weighted by molar-refractivity contribution is 0.0812. The molecule has 0 bridgehead atoms. The molecule has 0 N–H and O–H groups in total. The number of rotatable bonds is 2. The molecular weight excluding hydrogens is 314 g/mol. The van der Waals surface area contributed by atoms with E-state index in [-0.39, 0.29) is 11.9 Å². The van der Waals surface area contributed by atoms with Crippen LogP contribution in [0, 0.1) is 0 Å². The smallest absolute Gasteiger partial charge is 0.259 e. The molecule has 100 valence electrons. The summed E-state index contributed by atoms with van der Waals surface area (Å²) in [5.41, 5.74) is 3.53. The summed E-state index contributed by atoms with van der Waals surface area (Å²) in [4.78, 5) is 14.3. The fraction of sp³-hybridized carbons (Fsp3) is 0.118.